The number of rotatable bonds is 7. The van der Waals surface area contributed by atoms with E-state index in [2.05, 4.69) is 22.1 Å². The number of nitrogens with one attached hydrogen (secondary N) is 1. The summed E-state index contributed by atoms with van der Waals surface area (Å²) in [6.45, 7) is 7.83. The highest BCUT2D eigenvalue weighted by molar-refractivity contribution is 5.79. The molecule has 146 valence electrons. The van der Waals surface area contributed by atoms with E-state index in [1.54, 1.807) is 6.07 Å². The minimum atomic E-state index is -0.253. The number of hydrogen-bond donors (Lipinski definition) is 2. The van der Waals surface area contributed by atoms with Gasteiger partial charge < -0.3 is 20.2 Å². The number of unbranched alkanes of at least 4 members (excludes halogenated alkanes) is 1. The lowest BCUT2D eigenvalue weighted by atomic mass is 10.1. The van der Waals surface area contributed by atoms with Gasteiger partial charge in [-0.1, -0.05) is 19.4 Å². The summed E-state index contributed by atoms with van der Waals surface area (Å²) in [6, 6.07) is 5.37. The minimum Gasteiger partial charge on any atom is -0.393 e. The van der Waals surface area contributed by atoms with Crippen LogP contribution in [0, 0.1) is 5.82 Å². The maximum atomic E-state index is 14.6. The molecule has 0 aromatic heterocycles. The van der Waals surface area contributed by atoms with Gasteiger partial charge in [-0.2, -0.15) is 0 Å². The Morgan fingerprint density at radius 2 is 2.08 bits per heavy atom. The largest absolute Gasteiger partial charge is 0.393 e. The molecule has 0 saturated carbocycles. The molecule has 5 nitrogen and oxygen atoms in total. The van der Waals surface area contributed by atoms with E-state index in [-0.39, 0.29) is 11.9 Å². The maximum Gasteiger partial charge on any atom is 0.193 e. The quantitative estimate of drug-likeness (QED) is 0.577. The second-order valence-corrected chi connectivity index (χ2v) is 6.95. The van der Waals surface area contributed by atoms with Gasteiger partial charge in [0.2, 0.25) is 0 Å². The molecule has 1 aromatic rings. The molecule has 0 bridgehead atoms. The number of piperidine rings is 1. The molecule has 0 radical (unpaired) electrons. The fourth-order valence-electron chi connectivity index (χ4n) is 3.15. The van der Waals surface area contributed by atoms with Crippen molar-refractivity contribution in [3.63, 3.8) is 0 Å². The molecular weight excluding hydrogens is 331 g/mol. The summed E-state index contributed by atoms with van der Waals surface area (Å²) in [7, 11) is 2.03. The Balaban J connectivity index is 2.03. The Labute approximate surface area is 156 Å². The normalized spacial score (nSPS) is 16.0. The van der Waals surface area contributed by atoms with Gasteiger partial charge in [-0.15, -0.1) is 0 Å². The number of guanidine groups is 1. The van der Waals surface area contributed by atoms with Crippen LogP contribution in [0.25, 0.3) is 0 Å². The van der Waals surface area contributed by atoms with Crippen LogP contribution < -0.4 is 10.2 Å². The number of aliphatic imine (C=N–C) groups is 1. The van der Waals surface area contributed by atoms with Gasteiger partial charge in [0.15, 0.2) is 5.96 Å². The predicted octanol–water partition coefficient (Wildman–Crippen LogP) is 2.98. The lowest BCUT2D eigenvalue weighted by Crippen LogP contribution is -2.39. The van der Waals surface area contributed by atoms with Gasteiger partial charge >= 0.3 is 0 Å². The van der Waals surface area contributed by atoms with Crippen LogP contribution in [-0.2, 0) is 6.54 Å². The van der Waals surface area contributed by atoms with E-state index in [1.807, 2.05) is 31.0 Å². The minimum absolute atomic E-state index is 0.210. The van der Waals surface area contributed by atoms with Crippen molar-refractivity contribution in [2.75, 3.05) is 38.1 Å². The van der Waals surface area contributed by atoms with Crippen LogP contribution in [0.4, 0.5) is 10.1 Å². The number of benzene rings is 1. The van der Waals surface area contributed by atoms with Gasteiger partial charge in [0.05, 0.1) is 18.3 Å². The third-order valence-corrected chi connectivity index (χ3v) is 4.77. The first kappa shape index (κ1) is 20.5. The molecule has 0 unspecified atom stereocenters. The Morgan fingerprint density at radius 3 is 2.69 bits per heavy atom. The molecule has 1 aromatic carbocycles. The van der Waals surface area contributed by atoms with E-state index >= 15 is 0 Å². The van der Waals surface area contributed by atoms with Crippen LogP contribution in [0.1, 0.15) is 45.1 Å². The second kappa shape index (κ2) is 10.4. The zero-order valence-corrected chi connectivity index (χ0v) is 16.3. The predicted molar refractivity (Wildman–Crippen MR) is 106 cm³/mol. The summed E-state index contributed by atoms with van der Waals surface area (Å²) in [5.41, 5.74) is 1.49. The zero-order chi connectivity index (χ0) is 18.9. The van der Waals surface area contributed by atoms with E-state index in [1.165, 1.54) is 0 Å². The van der Waals surface area contributed by atoms with E-state index in [0.717, 1.165) is 37.5 Å². The van der Waals surface area contributed by atoms with Crippen molar-refractivity contribution >= 4 is 11.6 Å². The molecule has 0 atom stereocenters. The first-order valence-electron chi connectivity index (χ1n) is 9.76. The van der Waals surface area contributed by atoms with E-state index in [9.17, 15) is 9.50 Å². The van der Waals surface area contributed by atoms with Crippen LogP contribution >= 0.6 is 0 Å². The van der Waals surface area contributed by atoms with E-state index < -0.39 is 0 Å². The van der Waals surface area contributed by atoms with Crippen LogP contribution in [0.15, 0.2) is 23.2 Å². The van der Waals surface area contributed by atoms with E-state index in [0.29, 0.717) is 38.2 Å². The highest BCUT2D eigenvalue weighted by atomic mass is 19.1. The molecular formula is C20H33FN4O. The van der Waals surface area contributed by atoms with Crippen LogP contribution in [0.5, 0.6) is 0 Å². The lowest BCUT2D eigenvalue weighted by molar-refractivity contribution is 0.145. The van der Waals surface area contributed by atoms with Crippen molar-refractivity contribution in [2.24, 2.45) is 4.99 Å². The molecule has 2 N–H and O–H groups in total. The number of halogens is 1. The molecule has 1 aliphatic heterocycles. The third-order valence-electron chi connectivity index (χ3n) is 4.77. The lowest BCUT2D eigenvalue weighted by Gasteiger charge is -2.31. The number of anilines is 1. The Morgan fingerprint density at radius 1 is 1.35 bits per heavy atom. The number of hydrogen-bond acceptors (Lipinski definition) is 3. The molecule has 1 aliphatic rings. The van der Waals surface area contributed by atoms with Crippen molar-refractivity contribution in [3.05, 3.63) is 29.6 Å². The monoisotopic (exact) mass is 364 g/mol. The fourth-order valence-corrected chi connectivity index (χ4v) is 3.15. The zero-order valence-electron chi connectivity index (χ0n) is 16.3. The van der Waals surface area contributed by atoms with Crippen LogP contribution in [-0.4, -0.2) is 55.3 Å². The maximum absolute atomic E-state index is 14.6. The highest BCUT2D eigenvalue weighted by Gasteiger charge is 2.19. The summed E-state index contributed by atoms with van der Waals surface area (Å²) in [5.74, 6) is 0.647. The molecule has 0 spiro atoms. The first-order chi connectivity index (χ1) is 12.5. The molecule has 6 heteroatoms. The standard InChI is InChI=1S/C20H33FN4O/c1-4-6-11-24(3)20(22-5-2)23-15-16-7-8-19(18(21)14-16)25-12-9-17(26)10-13-25/h7-8,14,17,26H,4-6,9-13,15H2,1-3H3,(H,22,23). The Hall–Kier alpha value is -1.82. The summed E-state index contributed by atoms with van der Waals surface area (Å²) >= 11 is 0. The van der Waals surface area contributed by atoms with Gasteiger partial charge in [-0.3, -0.25) is 0 Å². The van der Waals surface area contributed by atoms with Gasteiger partial charge in [0, 0.05) is 33.2 Å². The Bertz CT molecular complexity index is 585. The summed E-state index contributed by atoms with van der Waals surface area (Å²) in [5, 5.41) is 12.9. The van der Waals surface area contributed by atoms with Gasteiger partial charge in [0.25, 0.3) is 0 Å². The molecule has 26 heavy (non-hydrogen) atoms. The van der Waals surface area contributed by atoms with Gasteiger partial charge in [-0.05, 0) is 43.9 Å². The molecule has 1 heterocycles. The first-order valence-corrected chi connectivity index (χ1v) is 9.76. The third kappa shape index (κ3) is 5.87. The topological polar surface area (TPSA) is 51.1 Å². The highest BCUT2D eigenvalue weighted by Crippen LogP contribution is 2.24. The average Bonchev–Trinajstić information content (AvgIpc) is 2.64. The average molecular weight is 365 g/mol. The van der Waals surface area contributed by atoms with Gasteiger partial charge in [-0.25, -0.2) is 9.38 Å². The van der Waals surface area contributed by atoms with Crippen molar-refractivity contribution in [3.8, 4) is 0 Å². The molecule has 1 fully saturated rings. The molecule has 0 amide bonds. The number of aliphatic hydroxyl groups is 1. The molecule has 2 rings (SSSR count). The number of nitrogens with zero attached hydrogens (tertiary/aromatic N) is 3. The molecule has 0 aliphatic carbocycles. The van der Waals surface area contributed by atoms with Crippen molar-refractivity contribution < 1.29 is 9.50 Å². The van der Waals surface area contributed by atoms with Crippen LogP contribution in [0.2, 0.25) is 0 Å². The summed E-state index contributed by atoms with van der Waals surface area (Å²) < 4.78 is 14.6. The number of aliphatic hydroxyl groups excluding tert-OH is 1. The van der Waals surface area contributed by atoms with Crippen molar-refractivity contribution in [1.29, 1.82) is 0 Å². The van der Waals surface area contributed by atoms with Crippen molar-refractivity contribution in [1.82, 2.24) is 10.2 Å². The van der Waals surface area contributed by atoms with Crippen molar-refractivity contribution in [2.45, 2.75) is 52.2 Å². The van der Waals surface area contributed by atoms with E-state index in [4.69, 9.17) is 0 Å². The van der Waals surface area contributed by atoms with Gasteiger partial charge in [0.1, 0.15) is 5.82 Å². The molecule has 1 saturated heterocycles. The second-order valence-electron chi connectivity index (χ2n) is 6.95. The smallest absolute Gasteiger partial charge is 0.193 e. The SMILES string of the molecule is CCCCN(C)C(=NCc1ccc(N2CCC(O)CC2)c(F)c1)NCC. The van der Waals surface area contributed by atoms with Crippen LogP contribution in [0.3, 0.4) is 0 Å². The summed E-state index contributed by atoms with van der Waals surface area (Å²) in [6.07, 6.45) is 3.40. The fraction of sp³-hybridized carbons (Fsp3) is 0.650. The Kier molecular flexibility index (Phi) is 8.16. The summed E-state index contributed by atoms with van der Waals surface area (Å²) in [4.78, 5) is 8.78.